The van der Waals surface area contributed by atoms with Gasteiger partial charge in [-0.1, -0.05) is 29.8 Å². The second-order valence-corrected chi connectivity index (χ2v) is 9.99. The third kappa shape index (κ3) is 4.91. The number of thiophene rings is 2. The molecule has 5 aromatic rings. The van der Waals surface area contributed by atoms with Crippen LogP contribution < -0.4 is 11.1 Å². The number of anilines is 2. The summed E-state index contributed by atoms with van der Waals surface area (Å²) in [6, 6.07) is 22.7. The number of hydrogen-bond acceptors (Lipinski definition) is 6. The van der Waals surface area contributed by atoms with E-state index in [-0.39, 0.29) is 11.7 Å². The van der Waals surface area contributed by atoms with Crippen molar-refractivity contribution in [1.82, 2.24) is 4.98 Å². The fourth-order valence-electron chi connectivity index (χ4n) is 3.68. The smallest absolute Gasteiger partial charge is 0.267 e. The number of ketones is 1. The number of amides is 1. The van der Waals surface area contributed by atoms with Crippen LogP contribution in [0.25, 0.3) is 27.6 Å². The quantitative estimate of drug-likeness (QED) is 0.195. The molecular formula is C28H21N3O2S2. The van der Waals surface area contributed by atoms with Crippen molar-refractivity contribution in [2.45, 2.75) is 6.92 Å². The van der Waals surface area contributed by atoms with E-state index in [0.29, 0.717) is 26.6 Å². The number of pyridine rings is 1. The standard InChI is InChI=1S/C28H21N3O2S2/c1-17-4-2-5-19(16-17)23-13-12-22-25(29)26(35-28(22)31-23)27(33)30-20-9-7-18(8-10-20)24(32)14-11-21-6-3-15-34-21/h2-16H,29H2,1H3,(H,30,33). The molecular weight excluding hydrogens is 474 g/mol. The highest BCUT2D eigenvalue weighted by Gasteiger charge is 2.18. The summed E-state index contributed by atoms with van der Waals surface area (Å²) >= 11 is 2.84. The predicted octanol–water partition coefficient (Wildman–Crippen LogP) is 7.06. The zero-order chi connectivity index (χ0) is 24.4. The van der Waals surface area contributed by atoms with Crippen molar-refractivity contribution in [1.29, 1.82) is 0 Å². The summed E-state index contributed by atoms with van der Waals surface area (Å²) in [5.74, 6) is -0.403. The van der Waals surface area contributed by atoms with Crippen molar-refractivity contribution in [2.75, 3.05) is 11.1 Å². The number of hydrogen-bond donors (Lipinski definition) is 2. The van der Waals surface area contributed by atoms with Crippen LogP contribution in [0, 0.1) is 6.92 Å². The topological polar surface area (TPSA) is 85.1 Å². The van der Waals surface area contributed by atoms with Gasteiger partial charge in [-0.15, -0.1) is 22.7 Å². The number of carbonyl (C=O) groups excluding carboxylic acids is 2. The van der Waals surface area contributed by atoms with Crippen LogP contribution in [-0.4, -0.2) is 16.7 Å². The van der Waals surface area contributed by atoms with Crippen LogP contribution in [0.5, 0.6) is 0 Å². The molecule has 0 bridgehead atoms. The Bertz CT molecular complexity index is 1570. The third-order valence-electron chi connectivity index (χ3n) is 5.48. The van der Waals surface area contributed by atoms with Gasteiger partial charge in [-0.3, -0.25) is 9.59 Å². The molecule has 0 fully saturated rings. The average molecular weight is 496 g/mol. The molecule has 7 heteroatoms. The molecule has 0 atom stereocenters. The van der Waals surface area contributed by atoms with Crippen LogP contribution in [0.1, 0.15) is 30.5 Å². The van der Waals surface area contributed by atoms with Gasteiger partial charge in [0.05, 0.1) is 11.4 Å². The number of benzene rings is 2. The molecule has 3 heterocycles. The molecule has 1 amide bonds. The van der Waals surface area contributed by atoms with E-state index in [0.717, 1.165) is 27.1 Å². The fraction of sp³-hybridized carbons (Fsp3) is 0.0357. The highest BCUT2D eigenvalue weighted by atomic mass is 32.1. The van der Waals surface area contributed by atoms with E-state index in [1.807, 2.05) is 54.8 Å². The number of aryl methyl sites for hydroxylation is 1. The van der Waals surface area contributed by atoms with E-state index >= 15 is 0 Å². The lowest BCUT2D eigenvalue weighted by atomic mass is 10.1. The van der Waals surface area contributed by atoms with Crippen LogP contribution in [-0.2, 0) is 0 Å². The van der Waals surface area contributed by atoms with Gasteiger partial charge in [0.25, 0.3) is 5.91 Å². The van der Waals surface area contributed by atoms with Crippen molar-refractivity contribution in [3.63, 3.8) is 0 Å². The summed E-state index contributed by atoms with van der Waals surface area (Å²) < 4.78 is 0. The number of carbonyl (C=O) groups is 2. The number of nitrogen functional groups attached to an aromatic ring is 1. The predicted molar refractivity (Wildman–Crippen MR) is 146 cm³/mol. The molecule has 3 N–H and O–H groups in total. The molecule has 172 valence electrons. The van der Waals surface area contributed by atoms with Crippen LogP contribution in [0.2, 0.25) is 0 Å². The monoisotopic (exact) mass is 495 g/mol. The fourth-order valence-corrected chi connectivity index (χ4v) is 5.28. The normalized spacial score (nSPS) is 11.2. The summed E-state index contributed by atoms with van der Waals surface area (Å²) in [5.41, 5.74) is 10.9. The minimum Gasteiger partial charge on any atom is -0.397 e. The molecule has 0 unspecified atom stereocenters. The van der Waals surface area contributed by atoms with Crippen LogP contribution >= 0.6 is 22.7 Å². The largest absolute Gasteiger partial charge is 0.397 e. The zero-order valence-electron chi connectivity index (χ0n) is 18.8. The molecule has 0 aliphatic carbocycles. The maximum Gasteiger partial charge on any atom is 0.267 e. The Balaban J connectivity index is 1.32. The van der Waals surface area contributed by atoms with Crippen molar-refractivity contribution in [3.8, 4) is 11.3 Å². The molecule has 0 saturated carbocycles. The first kappa shape index (κ1) is 22.7. The van der Waals surface area contributed by atoms with Crippen molar-refractivity contribution >= 4 is 62.0 Å². The zero-order valence-corrected chi connectivity index (χ0v) is 20.5. The Kier molecular flexibility index (Phi) is 6.27. The molecule has 35 heavy (non-hydrogen) atoms. The number of aromatic nitrogens is 1. The van der Waals surface area contributed by atoms with Crippen molar-refractivity contribution in [2.24, 2.45) is 0 Å². The Morgan fingerprint density at radius 1 is 1.00 bits per heavy atom. The highest BCUT2D eigenvalue weighted by molar-refractivity contribution is 7.21. The highest BCUT2D eigenvalue weighted by Crippen LogP contribution is 2.34. The van der Waals surface area contributed by atoms with Gasteiger partial charge in [-0.2, -0.15) is 0 Å². The molecule has 5 nitrogen and oxygen atoms in total. The number of rotatable bonds is 6. The Morgan fingerprint density at radius 3 is 2.57 bits per heavy atom. The molecule has 0 aliphatic heterocycles. The number of allylic oxidation sites excluding steroid dienone is 1. The lowest BCUT2D eigenvalue weighted by Gasteiger charge is -2.05. The molecule has 0 aliphatic rings. The lowest BCUT2D eigenvalue weighted by Crippen LogP contribution is -2.12. The molecule has 0 spiro atoms. The minimum absolute atomic E-state index is 0.0967. The van der Waals surface area contributed by atoms with Gasteiger partial charge in [0.2, 0.25) is 0 Å². The Labute approximate surface area is 210 Å². The van der Waals surface area contributed by atoms with Gasteiger partial charge in [-0.25, -0.2) is 4.98 Å². The summed E-state index contributed by atoms with van der Waals surface area (Å²) in [5, 5.41) is 5.59. The van der Waals surface area contributed by atoms with Crippen molar-refractivity contribution in [3.05, 3.63) is 105 Å². The lowest BCUT2D eigenvalue weighted by molar-refractivity contribution is 0.102. The summed E-state index contributed by atoms with van der Waals surface area (Å²) in [4.78, 5) is 32.2. The Hall–Kier alpha value is -4.07. The second-order valence-electron chi connectivity index (χ2n) is 8.01. The van der Waals surface area contributed by atoms with E-state index < -0.39 is 0 Å². The minimum atomic E-state index is -0.306. The summed E-state index contributed by atoms with van der Waals surface area (Å²) in [7, 11) is 0. The van der Waals surface area contributed by atoms with Gasteiger partial charge in [0.15, 0.2) is 5.78 Å². The van der Waals surface area contributed by atoms with E-state index in [1.54, 1.807) is 47.8 Å². The first-order valence-corrected chi connectivity index (χ1v) is 12.6. The number of nitrogens with zero attached hydrogens (tertiary/aromatic N) is 1. The van der Waals surface area contributed by atoms with Gasteiger partial charge in [0, 0.05) is 27.1 Å². The van der Waals surface area contributed by atoms with Gasteiger partial charge in [0.1, 0.15) is 9.71 Å². The number of nitrogens with one attached hydrogen (secondary N) is 1. The van der Waals surface area contributed by atoms with Gasteiger partial charge < -0.3 is 11.1 Å². The molecule has 0 radical (unpaired) electrons. The van der Waals surface area contributed by atoms with Crippen LogP contribution in [0.4, 0.5) is 11.4 Å². The molecule has 5 rings (SSSR count). The second kappa shape index (κ2) is 9.66. The number of nitrogens with two attached hydrogens (primary N) is 1. The maximum atomic E-state index is 13.0. The Morgan fingerprint density at radius 2 is 1.83 bits per heavy atom. The van der Waals surface area contributed by atoms with E-state index in [1.165, 1.54) is 11.3 Å². The first-order valence-electron chi connectivity index (χ1n) is 10.9. The van der Waals surface area contributed by atoms with Crippen LogP contribution in [0.3, 0.4) is 0 Å². The van der Waals surface area contributed by atoms with E-state index in [2.05, 4.69) is 11.4 Å². The molecule has 3 aromatic heterocycles. The molecule has 2 aromatic carbocycles. The van der Waals surface area contributed by atoms with E-state index in [4.69, 9.17) is 10.7 Å². The molecule has 0 saturated heterocycles. The third-order valence-corrected chi connectivity index (χ3v) is 7.43. The van der Waals surface area contributed by atoms with Gasteiger partial charge >= 0.3 is 0 Å². The van der Waals surface area contributed by atoms with Gasteiger partial charge in [-0.05, 0) is 73.0 Å². The summed E-state index contributed by atoms with van der Waals surface area (Å²) in [6.45, 7) is 2.04. The average Bonchev–Trinajstić information content (AvgIpc) is 3.50. The SMILES string of the molecule is Cc1cccc(-c2ccc3c(N)c(C(=O)Nc4ccc(C(=O)C=Cc5cccs5)cc4)sc3n2)c1. The maximum absolute atomic E-state index is 13.0. The van der Waals surface area contributed by atoms with Crippen molar-refractivity contribution < 1.29 is 9.59 Å². The summed E-state index contributed by atoms with van der Waals surface area (Å²) in [6.07, 6.45) is 3.35. The number of fused-ring (bicyclic) bond motifs is 1. The van der Waals surface area contributed by atoms with E-state index in [9.17, 15) is 9.59 Å². The van der Waals surface area contributed by atoms with Crippen LogP contribution in [0.15, 0.2) is 84.3 Å². The first-order chi connectivity index (χ1) is 17.0.